The standard InChI is InChI=1S/C24H35N7O3/c1-6-8-10-12-29(19-20(25)30(11-9-7-2)24(34)28-22(19)32)23(33)18-13-17-14-26-31(15(3)4)21(17)27-16(18)5/h13-15H,6-12,25H2,1-5H3,(H,28,32,34). The van der Waals surface area contributed by atoms with Crippen LogP contribution in [0.5, 0.6) is 0 Å². The molecule has 0 spiro atoms. The molecule has 0 saturated carbocycles. The maximum Gasteiger partial charge on any atom is 0.330 e. The summed E-state index contributed by atoms with van der Waals surface area (Å²) in [7, 11) is 0. The number of amides is 1. The van der Waals surface area contributed by atoms with Gasteiger partial charge < -0.3 is 10.6 Å². The van der Waals surface area contributed by atoms with Gasteiger partial charge >= 0.3 is 5.69 Å². The van der Waals surface area contributed by atoms with Crippen molar-refractivity contribution in [1.29, 1.82) is 0 Å². The van der Waals surface area contributed by atoms with Crippen molar-refractivity contribution < 1.29 is 4.79 Å². The molecule has 3 aromatic rings. The van der Waals surface area contributed by atoms with Gasteiger partial charge in [0.05, 0.1) is 17.5 Å². The first-order chi connectivity index (χ1) is 16.2. The number of pyridine rings is 1. The molecule has 0 saturated heterocycles. The summed E-state index contributed by atoms with van der Waals surface area (Å²) in [6, 6.07) is 1.88. The number of unbranched alkanes of at least 4 members (excludes halogenated alkanes) is 3. The number of aromatic nitrogens is 5. The molecule has 3 rings (SSSR count). The summed E-state index contributed by atoms with van der Waals surface area (Å²) in [6.07, 6.45) is 5.79. The molecule has 10 heteroatoms. The first-order valence-corrected chi connectivity index (χ1v) is 12.0. The lowest BCUT2D eigenvalue weighted by molar-refractivity contribution is 0.0985. The molecule has 0 radical (unpaired) electrons. The lowest BCUT2D eigenvalue weighted by atomic mass is 10.1. The van der Waals surface area contributed by atoms with E-state index in [2.05, 4.69) is 22.0 Å². The van der Waals surface area contributed by atoms with Crippen molar-refractivity contribution in [1.82, 2.24) is 24.3 Å². The third kappa shape index (κ3) is 4.90. The van der Waals surface area contributed by atoms with Crippen molar-refractivity contribution >= 4 is 28.4 Å². The number of nitrogens with zero attached hydrogens (tertiary/aromatic N) is 5. The molecule has 10 nitrogen and oxygen atoms in total. The largest absolute Gasteiger partial charge is 0.383 e. The lowest BCUT2D eigenvalue weighted by Gasteiger charge is -2.25. The van der Waals surface area contributed by atoms with Crippen molar-refractivity contribution in [3.8, 4) is 0 Å². The Morgan fingerprint density at radius 1 is 1.18 bits per heavy atom. The molecule has 3 N–H and O–H groups in total. The minimum Gasteiger partial charge on any atom is -0.383 e. The SMILES string of the molecule is CCCCCN(C(=O)c1cc2cnn(C(C)C)c2nc1C)c1c(N)n(CCCC)c(=O)[nH]c1=O. The Morgan fingerprint density at radius 3 is 2.53 bits per heavy atom. The van der Waals surface area contributed by atoms with Crippen LogP contribution in [0.2, 0.25) is 0 Å². The van der Waals surface area contributed by atoms with Crippen LogP contribution in [-0.2, 0) is 6.54 Å². The number of hydrogen-bond acceptors (Lipinski definition) is 6. The zero-order chi connectivity index (χ0) is 25.0. The molecule has 34 heavy (non-hydrogen) atoms. The summed E-state index contributed by atoms with van der Waals surface area (Å²) in [5.74, 6) is -0.371. The van der Waals surface area contributed by atoms with Gasteiger partial charge in [-0.25, -0.2) is 14.5 Å². The molecular formula is C24H35N7O3. The molecule has 0 bridgehead atoms. The quantitative estimate of drug-likeness (QED) is 0.438. The highest BCUT2D eigenvalue weighted by Crippen LogP contribution is 2.24. The Balaban J connectivity index is 2.14. The maximum absolute atomic E-state index is 13.8. The van der Waals surface area contributed by atoms with Gasteiger partial charge in [-0.3, -0.25) is 19.1 Å². The highest BCUT2D eigenvalue weighted by atomic mass is 16.2. The van der Waals surface area contributed by atoms with E-state index in [9.17, 15) is 14.4 Å². The number of H-pyrrole nitrogens is 1. The molecule has 3 heterocycles. The predicted octanol–water partition coefficient (Wildman–Crippen LogP) is 3.39. The van der Waals surface area contributed by atoms with E-state index in [4.69, 9.17) is 5.73 Å². The second-order valence-electron chi connectivity index (χ2n) is 8.88. The zero-order valence-corrected chi connectivity index (χ0v) is 20.7. The predicted molar refractivity (Wildman–Crippen MR) is 134 cm³/mol. The molecular weight excluding hydrogens is 434 g/mol. The second kappa shape index (κ2) is 10.7. The van der Waals surface area contributed by atoms with Crippen LogP contribution in [0.1, 0.15) is 81.9 Å². The second-order valence-corrected chi connectivity index (χ2v) is 8.88. The Hall–Kier alpha value is -3.43. The van der Waals surface area contributed by atoms with E-state index < -0.39 is 11.2 Å². The van der Waals surface area contributed by atoms with Crippen LogP contribution < -0.4 is 21.9 Å². The number of hydrogen-bond donors (Lipinski definition) is 2. The van der Waals surface area contributed by atoms with Gasteiger partial charge in [-0.2, -0.15) is 5.10 Å². The van der Waals surface area contributed by atoms with Crippen LogP contribution in [0, 0.1) is 6.92 Å². The van der Waals surface area contributed by atoms with Crippen LogP contribution in [0.3, 0.4) is 0 Å². The molecule has 0 aliphatic heterocycles. The fourth-order valence-corrected chi connectivity index (χ4v) is 4.02. The van der Waals surface area contributed by atoms with E-state index in [-0.39, 0.29) is 23.5 Å². The Bertz CT molecular complexity index is 1290. The van der Waals surface area contributed by atoms with Crippen molar-refractivity contribution in [2.45, 2.75) is 79.3 Å². The first kappa shape index (κ1) is 25.2. The summed E-state index contributed by atoms with van der Waals surface area (Å²) in [6.45, 7) is 10.5. The van der Waals surface area contributed by atoms with Gasteiger partial charge in [0, 0.05) is 24.5 Å². The van der Waals surface area contributed by atoms with Crippen LogP contribution in [0.4, 0.5) is 11.5 Å². The normalized spacial score (nSPS) is 11.5. The van der Waals surface area contributed by atoms with Crippen LogP contribution in [0.15, 0.2) is 21.9 Å². The van der Waals surface area contributed by atoms with Crippen molar-refractivity contribution in [3.63, 3.8) is 0 Å². The average Bonchev–Trinajstić information content (AvgIpc) is 3.19. The monoisotopic (exact) mass is 469 g/mol. The minimum absolute atomic E-state index is 0.00589. The van der Waals surface area contributed by atoms with Gasteiger partial charge in [0.15, 0.2) is 11.3 Å². The lowest BCUT2D eigenvalue weighted by Crippen LogP contribution is -2.42. The number of anilines is 2. The van der Waals surface area contributed by atoms with Gasteiger partial charge in [-0.1, -0.05) is 33.1 Å². The van der Waals surface area contributed by atoms with Crippen LogP contribution >= 0.6 is 0 Å². The van der Waals surface area contributed by atoms with Gasteiger partial charge in [-0.05, 0) is 39.7 Å². The molecule has 3 aromatic heterocycles. The van der Waals surface area contributed by atoms with E-state index in [1.165, 1.54) is 9.47 Å². The number of rotatable bonds is 10. The van der Waals surface area contributed by atoms with E-state index in [0.717, 1.165) is 31.1 Å². The summed E-state index contributed by atoms with van der Waals surface area (Å²) >= 11 is 0. The molecule has 0 aliphatic rings. The van der Waals surface area contributed by atoms with E-state index >= 15 is 0 Å². The third-order valence-corrected chi connectivity index (χ3v) is 5.93. The Morgan fingerprint density at radius 2 is 1.88 bits per heavy atom. The minimum atomic E-state index is -0.667. The molecule has 0 aliphatic carbocycles. The van der Waals surface area contributed by atoms with Crippen LogP contribution in [0.25, 0.3) is 11.0 Å². The summed E-state index contributed by atoms with van der Waals surface area (Å²) in [4.78, 5) is 47.5. The van der Waals surface area contributed by atoms with E-state index in [0.29, 0.717) is 36.4 Å². The molecule has 0 aromatic carbocycles. The summed E-state index contributed by atoms with van der Waals surface area (Å²) in [5, 5.41) is 5.14. The van der Waals surface area contributed by atoms with Crippen molar-refractivity contribution in [2.75, 3.05) is 17.2 Å². The number of carbonyl (C=O) groups is 1. The molecule has 0 unspecified atom stereocenters. The number of aromatic amines is 1. The fraction of sp³-hybridized carbons (Fsp3) is 0.542. The fourth-order valence-electron chi connectivity index (χ4n) is 4.02. The molecule has 0 atom stereocenters. The highest BCUT2D eigenvalue weighted by molar-refractivity contribution is 6.09. The topological polar surface area (TPSA) is 132 Å². The Labute approximate surface area is 198 Å². The van der Waals surface area contributed by atoms with Gasteiger partial charge in [-0.15, -0.1) is 0 Å². The average molecular weight is 470 g/mol. The number of nitrogen functional groups attached to an aromatic ring is 1. The first-order valence-electron chi connectivity index (χ1n) is 12.0. The highest BCUT2D eigenvalue weighted by Gasteiger charge is 2.27. The van der Waals surface area contributed by atoms with Crippen molar-refractivity contribution in [2.24, 2.45) is 0 Å². The number of nitrogens with one attached hydrogen (secondary N) is 1. The van der Waals surface area contributed by atoms with E-state index in [1.807, 2.05) is 25.5 Å². The van der Waals surface area contributed by atoms with Gasteiger partial charge in [0.2, 0.25) is 0 Å². The molecule has 184 valence electrons. The smallest absolute Gasteiger partial charge is 0.330 e. The van der Waals surface area contributed by atoms with Gasteiger partial charge in [0.25, 0.3) is 11.5 Å². The number of aryl methyl sites for hydroxylation is 1. The number of carbonyl (C=O) groups excluding carboxylic acids is 1. The molecule has 1 amide bonds. The van der Waals surface area contributed by atoms with Crippen molar-refractivity contribution in [3.05, 3.63) is 44.4 Å². The van der Waals surface area contributed by atoms with Gasteiger partial charge in [0.1, 0.15) is 5.82 Å². The summed E-state index contributed by atoms with van der Waals surface area (Å²) < 4.78 is 3.14. The number of fused-ring (bicyclic) bond motifs is 1. The van der Waals surface area contributed by atoms with E-state index in [1.54, 1.807) is 19.2 Å². The van der Waals surface area contributed by atoms with Crippen LogP contribution in [-0.4, -0.2) is 36.8 Å². The number of nitrogens with two attached hydrogens (primary N) is 1. The summed E-state index contributed by atoms with van der Waals surface area (Å²) in [5.41, 5.74) is 6.72. The maximum atomic E-state index is 13.8. The Kier molecular flexibility index (Phi) is 7.90. The third-order valence-electron chi connectivity index (χ3n) is 5.93. The zero-order valence-electron chi connectivity index (χ0n) is 20.7. The molecule has 0 fully saturated rings.